The van der Waals surface area contributed by atoms with Gasteiger partial charge in [0, 0.05) is 9.92 Å². The standard InChI is InChI=1S/C22H21ClN2O3S/c1-14(15-3-4-17-12-19(28-2)8-5-16(17)11-15)22(27)25-24-21(26)13-29-20-9-6-18(23)7-10-20/h3-12,14H,13H2,1-2H3,(H,24,26)(H,25,27)/t14-/m0/s1. The molecule has 29 heavy (non-hydrogen) atoms. The van der Waals surface area contributed by atoms with Crippen molar-refractivity contribution >= 4 is 45.9 Å². The Bertz CT molecular complexity index is 1020. The number of ether oxygens (including phenoxy) is 1. The molecule has 3 aromatic carbocycles. The molecule has 1 atom stereocenters. The van der Waals surface area contributed by atoms with Crippen LogP contribution in [0.1, 0.15) is 18.4 Å². The van der Waals surface area contributed by atoms with E-state index >= 15 is 0 Å². The van der Waals surface area contributed by atoms with Gasteiger partial charge in [0.25, 0.3) is 0 Å². The molecule has 0 aromatic heterocycles. The number of carbonyl (C=O) groups is 2. The summed E-state index contributed by atoms with van der Waals surface area (Å²) in [6, 6.07) is 18.8. The zero-order valence-electron chi connectivity index (χ0n) is 16.1. The molecule has 3 aromatic rings. The number of hydrogen-bond acceptors (Lipinski definition) is 4. The lowest BCUT2D eigenvalue weighted by Crippen LogP contribution is -2.44. The van der Waals surface area contributed by atoms with Gasteiger partial charge in [0.2, 0.25) is 11.8 Å². The Balaban J connectivity index is 1.53. The topological polar surface area (TPSA) is 67.4 Å². The smallest absolute Gasteiger partial charge is 0.248 e. The Hall–Kier alpha value is -2.70. The summed E-state index contributed by atoms with van der Waals surface area (Å²) in [5.74, 6) is 0.00781. The van der Waals surface area contributed by atoms with Gasteiger partial charge in [-0.1, -0.05) is 35.9 Å². The van der Waals surface area contributed by atoms with Crippen LogP contribution in [-0.2, 0) is 9.59 Å². The van der Waals surface area contributed by atoms with E-state index in [1.54, 1.807) is 26.2 Å². The number of hydrogen-bond donors (Lipinski definition) is 2. The Morgan fingerprint density at radius 1 is 1.00 bits per heavy atom. The lowest BCUT2D eigenvalue weighted by Gasteiger charge is -2.14. The van der Waals surface area contributed by atoms with Gasteiger partial charge in [-0.25, -0.2) is 0 Å². The van der Waals surface area contributed by atoms with E-state index in [4.69, 9.17) is 16.3 Å². The van der Waals surface area contributed by atoms with Crippen LogP contribution in [0.15, 0.2) is 65.6 Å². The van der Waals surface area contributed by atoms with Crippen molar-refractivity contribution in [3.05, 3.63) is 71.2 Å². The van der Waals surface area contributed by atoms with Gasteiger partial charge in [-0.05, 0) is 59.7 Å². The molecule has 0 fully saturated rings. The van der Waals surface area contributed by atoms with Crippen molar-refractivity contribution in [3.8, 4) is 5.75 Å². The number of fused-ring (bicyclic) bond motifs is 1. The largest absolute Gasteiger partial charge is 0.497 e. The second-order valence-electron chi connectivity index (χ2n) is 6.47. The first-order valence-electron chi connectivity index (χ1n) is 9.01. The molecule has 0 saturated heterocycles. The molecular formula is C22H21ClN2O3S. The molecule has 0 spiro atoms. The van der Waals surface area contributed by atoms with Crippen molar-refractivity contribution in [3.63, 3.8) is 0 Å². The van der Waals surface area contributed by atoms with Gasteiger partial charge in [-0.2, -0.15) is 0 Å². The van der Waals surface area contributed by atoms with Crippen molar-refractivity contribution in [1.29, 1.82) is 0 Å². The molecule has 0 heterocycles. The quantitative estimate of drug-likeness (QED) is 0.446. The SMILES string of the molecule is COc1ccc2cc([C@H](C)C(=O)NNC(=O)CSc3ccc(Cl)cc3)ccc2c1. The van der Waals surface area contributed by atoms with Crippen LogP contribution in [-0.4, -0.2) is 24.7 Å². The number of halogens is 1. The fourth-order valence-corrected chi connectivity index (χ4v) is 3.57. The highest BCUT2D eigenvalue weighted by Gasteiger charge is 2.16. The number of methoxy groups -OCH3 is 1. The van der Waals surface area contributed by atoms with Crippen LogP contribution in [0.2, 0.25) is 5.02 Å². The van der Waals surface area contributed by atoms with Crippen LogP contribution in [0.3, 0.4) is 0 Å². The number of carbonyl (C=O) groups excluding carboxylic acids is 2. The van der Waals surface area contributed by atoms with Crippen LogP contribution in [0.5, 0.6) is 5.75 Å². The number of nitrogens with one attached hydrogen (secondary N) is 2. The summed E-state index contributed by atoms with van der Waals surface area (Å²) in [5.41, 5.74) is 5.83. The summed E-state index contributed by atoms with van der Waals surface area (Å²) in [4.78, 5) is 25.4. The molecule has 0 aliphatic heterocycles. The predicted molar refractivity (Wildman–Crippen MR) is 117 cm³/mol. The lowest BCUT2D eigenvalue weighted by molar-refractivity contribution is -0.128. The Morgan fingerprint density at radius 3 is 2.41 bits per heavy atom. The molecule has 0 unspecified atom stereocenters. The van der Waals surface area contributed by atoms with E-state index in [0.717, 1.165) is 27.0 Å². The fourth-order valence-electron chi connectivity index (χ4n) is 2.75. The van der Waals surface area contributed by atoms with E-state index in [1.807, 2.05) is 48.5 Å². The van der Waals surface area contributed by atoms with Gasteiger partial charge in [-0.15, -0.1) is 11.8 Å². The van der Waals surface area contributed by atoms with Crippen LogP contribution in [0.4, 0.5) is 0 Å². The molecule has 2 N–H and O–H groups in total. The van der Waals surface area contributed by atoms with Crippen molar-refractivity contribution in [1.82, 2.24) is 10.9 Å². The number of thioether (sulfide) groups is 1. The number of benzene rings is 3. The molecule has 0 saturated carbocycles. The molecule has 0 aliphatic rings. The van der Waals surface area contributed by atoms with Crippen molar-refractivity contribution in [2.45, 2.75) is 17.7 Å². The third kappa shape index (κ3) is 5.65. The molecule has 0 radical (unpaired) electrons. The van der Waals surface area contributed by atoms with Crippen molar-refractivity contribution in [2.75, 3.05) is 12.9 Å². The average Bonchev–Trinajstić information content (AvgIpc) is 2.75. The number of hydrazine groups is 1. The predicted octanol–water partition coefficient (Wildman–Crippen LogP) is 4.55. The van der Waals surface area contributed by atoms with E-state index in [1.165, 1.54) is 11.8 Å². The summed E-state index contributed by atoms with van der Waals surface area (Å²) in [5, 5.41) is 2.70. The highest BCUT2D eigenvalue weighted by Crippen LogP contribution is 2.25. The normalized spacial score (nSPS) is 11.7. The van der Waals surface area contributed by atoms with E-state index < -0.39 is 5.92 Å². The highest BCUT2D eigenvalue weighted by atomic mass is 35.5. The Kier molecular flexibility index (Phi) is 7.01. The zero-order chi connectivity index (χ0) is 20.8. The third-order valence-corrected chi connectivity index (χ3v) is 5.74. The first-order chi connectivity index (χ1) is 14.0. The molecule has 0 aliphatic carbocycles. The van der Waals surface area contributed by atoms with Crippen LogP contribution in [0, 0.1) is 0 Å². The summed E-state index contributed by atoms with van der Waals surface area (Å²) < 4.78 is 5.23. The minimum absolute atomic E-state index is 0.189. The van der Waals surface area contributed by atoms with Gasteiger partial charge < -0.3 is 4.74 Å². The van der Waals surface area contributed by atoms with Crippen LogP contribution < -0.4 is 15.6 Å². The second-order valence-corrected chi connectivity index (χ2v) is 7.96. The maximum absolute atomic E-state index is 12.4. The first kappa shape index (κ1) is 21.0. The van der Waals surface area contributed by atoms with Crippen molar-refractivity contribution < 1.29 is 14.3 Å². The molecule has 3 rings (SSSR count). The Labute approximate surface area is 178 Å². The zero-order valence-corrected chi connectivity index (χ0v) is 17.6. The average molecular weight is 429 g/mol. The summed E-state index contributed by atoms with van der Waals surface area (Å²) in [6.07, 6.45) is 0. The molecular weight excluding hydrogens is 408 g/mol. The lowest BCUT2D eigenvalue weighted by atomic mass is 9.97. The molecule has 150 valence electrons. The molecule has 0 bridgehead atoms. The van der Waals surface area contributed by atoms with E-state index in [-0.39, 0.29) is 17.6 Å². The first-order valence-corrected chi connectivity index (χ1v) is 10.4. The number of rotatable bonds is 6. The number of amides is 2. The van der Waals surface area contributed by atoms with Crippen LogP contribution in [0.25, 0.3) is 10.8 Å². The monoisotopic (exact) mass is 428 g/mol. The van der Waals surface area contributed by atoms with E-state index in [2.05, 4.69) is 10.9 Å². The minimum atomic E-state index is -0.411. The van der Waals surface area contributed by atoms with E-state index in [9.17, 15) is 9.59 Å². The summed E-state index contributed by atoms with van der Waals surface area (Å²) in [6.45, 7) is 1.80. The third-order valence-electron chi connectivity index (χ3n) is 4.47. The van der Waals surface area contributed by atoms with Gasteiger partial charge >= 0.3 is 0 Å². The van der Waals surface area contributed by atoms with E-state index in [0.29, 0.717) is 5.02 Å². The fraction of sp³-hybridized carbons (Fsp3) is 0.182. The van der Waals surface area contributed by atoms with Gasteiger partial charge in [0.05, 0.1) is 18.8 Å². The molecule has 7 heteroatoms. The molecule has 2 amide bonds. The Morgan fingerprint density at radius 2 is 1.69 bits per heavy atom. The second kappa shape index (κ2) is 9.67. The summed E-state index contributed by atoms with van der Waals surface area (Å²) >= 11 is 7.21. The van der Waals surface area contributed by atoms with Gasteiger partial charge in [0.1, 0.15) is 5.75 Å². The minimum Gasteiger partial charge on any atom is -0.497 e. The van der Waals surface area contributed by atoms with Gasteiger partial charge in [-0.3, -0.25) is 20.4 Å². The maximum atomic E-state index is 12.4. The highest BCUT2D eigenvalue weighted by molar-refractivity contribution is 8.00. The molecule has 5 nitrogen and oxygen atoms in total. The van der Waals surface area contributed by atoms with Crippen molar-refractivity contribution in [2.24, 2.45) is 0 Å². The van der Waals surface area contributed by atoms with Crippen LogP contribution >= 0.6 is 23.4 Å². The summed E-state index contributed by atoms with van der Waals surface area (Å²) in [7, 11) is 1.63. The van der Waals surface area contributed by atoms with Gasteiger partial charge in [0.15, 0.2) is 0 Å². The maximum Gasteiger partial charge on any atom is 0.248 e.